The maximum atomic E-state index is 12.3. The van der Waals surface area contributed by atoms with Crippen LogP contribution in [-0.4, -0.2) is 33.9 Å². The third-order valence-electron chi connectivity index (χ3n) is 3.90. The molecular formula is C19H16BrN5O4. The number of nitrogens with one attached hydrogen (secondary N) is 1. The third kappa shape index (κ3) is 5.26. The minimum Gasteiger partial charge on any atom is -0.497 e. The number of ether oxygens (including phenoxy) is 1. The van der Waals surface area contributed by atoms with E-state index in [0.29, 0.717) is 16.8 Å². The van der Waals surface area contributed by atoms with Crippen molar-refractivity contribution in [2.75, 3.05) is 7.11 Å². The van der Waals surface area contributed by atoms with E-state index in [1.807, 2.05) is 18.2 Å². The monoisotopic (exact) mass is 457 g/mol. The van der Waals surface area contributed by atoms with Crippen LogP contribution in [0.1, 0.15) is 21.6 Å². The number of hydrogen-bond donors (Lipinski definition) is 1. The average Bonchev–Trinajstić information content (AvgIpc) is 3.08. The maximum absolute atomic E-state index is 12.3. The number of hydrogen-bond acceptors (Lipinski definition) is 6. The molecule has 0 aliphatic heterocycles. The molecule has 9 nitrogen and oxygen atoms in total. The van der Waals surface area contributed by atoms with Gasteiger partial charge in [0.15, 0.2) is 5.69 Å². The van der Waals surface area contributed by atoms with Gasteiger partial charge in [-0.2, -0.15) is 10.2 Å². The summed E-state index contributed by atoms with van der Waals surface area (Å²) in [6.45, 7) is 0.358. The van der Waals surface area contributed by atoms with Crippen molar-refractivity contribution >= 4 is 33.7 Å². The highest BCUT2D eigenvalue weighted by Gasteiger charge is 2.15. The molecule has 0 radical (unpaired) electrons. The summed E-state index contributed by atoms with van der Waals surface area (Å²) in [5.74, 6) is 0.214. The second-order valence-corrected chi connectivity index (χ2v) is 6.78. The lowest BCUT2D eigenvalue weighted by atomic mass is 10.2. The third-order valence-corrected chi connectivity index (χ3v) is 4.48. The predicted molar refractivity (Wildman–Crippen MR) is 110 cm³/mol. The molecule has 0 aliphatic rings. The molecule has 3 aromatic rings. The number of rotatable bonds is 7. The number of non-ortho nitro benzene ring substituents is 1. The van der Waals surface area contributed by atoms with Crippen molar-refractivity contribution in [1.82, 2.24) is 15.2 Å². The Morgan fingerprint density at radius 3 is 2.79 bits per heavy atom. The van der Waals surface area contributed by atoms with Crippen LogP contribution >= 0.6 is 15.9 Å². The minimum absolute atomic E-state index is 0.0179. The summed E-state index contributed by atoms with van der Waals surface area (Å²) in [6.07, 6.45) is 3.16. The number of hydrazone groups is 1. The molecule has 2 aromatic carbocycles. The summed E-state index contributed by atoms with van der Waals surface area (Å²) in [5.41, 5.74) is 4.21. The van der Waals surface area contributed by atoms with Crippen molar-refractivity contribution in [1.29, 1.82) is 0 Å². The van der Waals surface area contributed by atoms with Gasteiger partial charge in [-0.3, -0.25) is 19.6 Å². The number of methoxy groups -OCH3 is 1. The van der Waals surface area contributed by atoms with Crippen molar-refractivity contribution in [3.05, 3.63) is 86.1 Å². The molecule has 0 spiro atoms. The van der Waals surface area contributed by atoms with E-state index in [2.05, 4.69) is 31.6 Å². The number of carbonyl (C=O) groups excluding carboxylic acids is 1. The first-order valence-corrected chi connectivity index (χ1v) is 9.19. The summed E-state index contributed by atoms with van der Waals surface area (Å²) >= 11 is 3.32. The van der Waals surface area contributed by atoms with Crippen LogP contribution in [0.2, 0.25) is 0 Å². The Balaban J connectivity index is 1.65. The second-order valence-electron chi connectivity index (χ2n) is 5.92. The Kier molecular flexibility index (Phi) is 6.35. The molecule has 0 aliphatic carbocycles. The van der Waals surface area contributed by atoms with Gasteiger partial charge in [0, 0.05) is 18.3 Å². The van der Waals surface area contributed by atoms with Crippen molar-refractivity contribution in [3.63, 3.8) is 0 Å². The van der Waals surface area contributed by atoms with E-state index < -0.39 is 10.8 Å². The molecule has 1 amide bonds. The summed E-state index contributed by atoms with van der Waals surface area (Å²) in [6, 6.07) is 13.4. The van der Waals surface area contributed by atoms with Gasteiger partial charge in [0.25, 0.3) is 11.6 Å². The number of carbonyl (C=O) groups is 1. The Bertz CT molecular complexity index is 1060. The number of benzene rings is 2. The first-order valence-electron chi connectivity index (χ1n) is 8.40. The molecule has 0 bridgehead atoms. The average molecular weight is 458 g/mol. The highest BCUT2D eigenvalue weighted by Crippen LogP contribution is 2.17. The fourth-order valence-electron chi connectivity index (χ4n) is 2.48. The van der Waals surface area contributed by atoms with Gasteiger partial charge in [-0.05, 0) is 39.2 Å². The zero-order valence-electron chi connectivity index (χ0n) is 15.3. The van der Waals surface area contributed by atoms with E-state index in [1.165, 1.54) is 18.3 Å². The number of amides is 1. The molecule has 0 saturated carbocycles. The van der Waals surface area contributed by atoms with E-state index in [4.69, 9.17) is 4.74 Å². The smallest absolute Gasteiger partial charge is 0.293 e. The lowest BCUT2D eigenvalue weighted by Crippen LogP contribution is -2.19. The number of nitro groups is 1. The number of nitrogens with zero attached hydrogens (tertiary/aromatic N) is 4. The molecule has 10 heteroatoms. The minimum atomic E-state index is -0.474. The van der Waals surface area contributed by atoms with E-state index in [1.54, 1.807) is 36.2 Å². The Morgan fingerprint density at radius 1 is 1.34 bits per heavy atom. The largest absolute Gasteiger partial charge is 0.497 e. The van der Waals surface area contributed by atoms with E-state index in [-0.39, 0.29) is 11.4 Å². The van der Waals surface area contributed by atoms with Crippen LogP contribution in [0, 0.1) is 10.1 Å². The predicted octanol–water partition coefficient (Wildman–Crippen LogP) is 3.37. The fraction of sp³-hybridized carbons (Fsp3) is 0.105. The molecule has 0 fully saturated rings. The van der Waals surface area contributed by atoms with Crippen molar-refractivity contribution < 1.29 is 14.5 Å². The van der Waals surface area contributed by atoms with Gasteiger partial charge >= 0.3 is 0 Å². The Hall–Kier alpha value is -3.53. The molecule has 1 aromatic heterocycles. The molecule has 1 heterocycles. The Labute approximate surface area is 174 Å². The quantitative estimate of drug-likeness (QED) is 0.332. The van der Waals surface area contributed by atoms with Crippen LogP contribution < -0.4 is 10.2 Å². The molecule has 0 unspecified atom stereocenters. The van der Waals surface area contributed by atoms with Gasteiger partial charge in [-0.25, -0.2) is 5.43 Å². The SMILES string of the molecule is COc1cccc(/C=N\NC(=O)c2nn(Cc3ccc([N+](=O)[O-])cc3)cc2Br)c1. The second kappa shape index (κ2) is 9.11. The van der Waals surface area contributed by atoms with Gasteiger partial charge in [-0.15, -0.1) is 0 Å². The lowest BCUT2D eigenvalue weighted by molar-refractivity contribution is -0.384. The molecule has 148 valence electrons. The number of aromatic nitrogens is 2. The van der Waals surface area contributed by atoms with Gasteiger partial charge in [0.1, 0.15) is 5.75 Å². The van der Waals surface area contributed by atoms with E-state index in [0.717, 1.165) is 11.1 Å². The molecule has 1 N–H and O–H groups in total. The van der Waals surface area contributed by atoms with Gasteiger partial charge in [0.05, 0.1) is 29.3 Å². The zero-order chi connectivity index (χ0) is 20.8. The summed E-state index contributed by atoms with van der Waals surface area (Å²) in [7, 11) is 1.57. The molecular weight excluding hydrogens is 442 g/mol. The van der Waals surface area contributed by atoms with Crippen LogP contribution in [0.5, 0.6) is 5.75 Å². The summed E-state index contributed by atoms with van der Waals surface area (Å²) in [5, 5.41) is 18.9. The fourth-order valence-corrected chi connectivity index (χ4v) is 2.98. The van der Waals surface area contributed by atoms with Crippen LogP contribution in [0.25, 0.3) is 0 Å². The lowest BCUT2D eigenvalue weighted by Gasteiger charge is -2.02. The van der Waals surface area contributed by atoms with Crippen LogP contribution in [0.4, 0.5) is 5.69 Å². The number of halogens is 1. The van der Waals surface area contributed by atoms with E-state index >= 15 is 0 Å². The zero-order valence-corrected chi connectivity index (χ0v) is 16.9. The van der Waals surface area contributed by atoms with Gasteiger partial charge in [0.2, 0.25) is 0 Å². The van der Waals surface area contributed by atoms with Crippen LogP contribution in [-0.2, 0) is 6.54 Å². The van der Waals surface area contributed by atoms with Gasteiger partial charge in [-0.1, -0.05) is 24.3 Å². The first-order chi connectivity index (χ1) is 14.0. The highest BCUT2D eigenvalue weighted by atomic mass is 79.9. The van der Waals surface area contributed by atoms with Gasteiger partial charge < -0.3 is 4.74 Å². The normalized spacial score (nSPS) is 10.8. The molecule has 0 atom stereocenters. The molecule has 3 rings (SSSR count). The van der Waals surface area contributed by atoms with Crippen LogP contribution in [0.15, 0.2) is 64.3 Å². The molecule has 0 saturated heterocycles. The Morgan fingerprint density at radius 2 is 2.10 bits per heavy atom. The van der Waals surface area contributed by atoms with Crippen molar-refractivity contribution in [2.45, 2.75) is 6.54 Å². The van der Waals surface area contributed by atoms with Crippen molar-refractivity contribution in [3.8, 4) is 5.75 Å². The number of nitro benzene ring substituents is 1. The standard InChI is InChI=1S/C19H16BrN5O4/c1-29-16-4-2-3-14(9-16)10-21-22-19(26)18-17(20)12-24(23-18)11-13-5-7-15(8-6-13)25(27)28/h2-10,12H,11H2,1H3,(H,22,26)/b21-10-. The molecule has 29 heavy (non-hydrogen) atoms. The topological polar surface area (TPSA) is 112 Å². The van der Waals surface area contributed by atoms with Crippen LogP contribution in [0.3, 0.4) is 0 Å². The maximum Gasteiger partial charge on any atom is 0.293 e. The highest BCUT2D eigenvalue weighted by molar-refractivity contribution is 9.10. The van der Waals surface area contributed by atoms with Crippen molar-refractivity contribution in [2.24, 2.45) is 5.10 Å². The summed E-state index contributed by atoms with van der Waals surface area (Å²) in [4.78, 5) is 22.6. The van der Waals surface area contributed by atoms with E-state index in [9.17, 15) is 14.9 Å². The first kappa shape index (κ1) is 20.2. The summed E-state index contributed by atoms with van der Waals surface area (Å²) < 4.78 is 7.21.